The Hall–Kier alpha value is -1.11. The molecule has 0 spiro atoms. The average molecular weight is 323 g/mol. The predicted octanol–water partition coefficient (Wildman–Crippen LogP) is 1.52. The number of hydrogen-bond acceptors (Lipinski definition) is 4. The van der Waals surface area contributed by atoms with Crippen molar-refractivity contribution >= 4 is 10.0 Å². The summed E-state index contributed by atoms with van der Waals surface area (Å²) in [5.41, 5.74) is 2.14. The summed E-state index contributed by atoms with van der Waals surface area (Å²) in [6.07, 6.45) is 3.41. The molecule has 1 aromatic rings. The van der Waals surface area contributed by atoms with E-state index in [9.17, 15) is 13.5 Å². The van der Waals surface area contributed by atoms with Crippen LogP contribution in [0, 0.1) is 5.92 Å². The molecule has 1 aromatic carbocycles. The van der Waals surface area contributed by atoms with Crippen LogP contribution in [0.3, 0.4) is 0 Å². The fourth-order valence-electron chi connectivity index (χ4n) is 3.39. The van der Waals surface area contributed by atoms with Crippen LogP contribution in [0.2, 0.25) is 0 Å². The zero-order valence-electron chi connectivity index (χ0n) is 12.4. The van der Waals surface area contributed by atoms with Crippen LogP contribution >= 0.6 is 0 Å². The summed E-state index contributed by atoms with van der Waals surface area (Å²) >= 11 is 0. The first-order valence-corrected chi connectivity index (χ1v) is 9.52. The Balaban J connectivity index is 1.62. The average Bonchev–Trinajstić information content (AvgIpc) is 3.21. The first-order valence-electron chi connectivity index (χ1n) is 7.98. The van der Waals surface area contributed by atoms with E-state index >= 15 is 0 Å². The highest BCUT2D eigenvalue weighted by Gasteiger charge is 2.42. The quantitative estimate of drug-likeness (QED) is 0.861. The minimum Gasteiger partial charge on any atom is -0.493 e. The molecule has 1 aliphatic heterocycles. The van der Waals surface area contributed by atoms with E-state index in [0.29, 0.717) is 19.4 Å². The van der Waals surface area contributed by atoms with Crippen molar-refractivity contribution in [1.82, 2.24) is 4.72 Å². The molecule has 0 radical (unpaired) electrons. The van der Waals surface area contributed by atoms with Crippen molar-refractivity contribution in [3.05, 3.63) is 29.3 Å². The molecule has 1 atom stereocenters. The lowest BCUT2D eigenvalue weighted by molar-refractivity contribution is 0.0280. The summed E-state index contributed by atoms with van der Waals surface area (Å²) in [5, 5.41) is 9.37. The Kier molecular flexibility index (Phi) is 3.43. The van der Waals surface area contributed by atoms with E-state index in [0.717, 1.165) is 36.1 Å². The van der Waals surface area contributed by atoms with Gasteiger partial charge in [-0.25, -0.2) is 13.1 Å². The molecule has 5 nitrogen and oxygen atoms in total. The van der Waals surface area contributed by atoms with Crippen molar-refractivity contribution in [2.24, 2.45) is 5.92 Å². The van der Waals surface area contributed by atoms with Crippen molar-refractivity contribution < 1.29 is 18.3 Å². The second-order valence-electron chi connectivity index (χ2n) is 6.69. The van der Waals surface area contributed by atoms with Crippen LogP contribution in [0.25, 0.3) is 0 Å². The Bertz CT molecular complexity index is 677. The normalized spacial score (nSPS) is 28.6. The minimum absolute atomic E-state index is 0.170. The van der Waals surface area contributed by atoms with Gasteiger partial charge in [-0.3, -0.25) is 0 Å². The first kappa shape index (κ1) is 14.5. The van der Waals surface area contributed by atoms with Crippen LogP contribution in [-0.2, 0) is 16.4 Å². The zero-order chi connectivity index (χ0) is 15.3. The molecule has 2 fully saturated rings. The molecule has 0 amide bonds. The molecule has 0 saturated heterocycles. The van der Waals surface area contributed by atoms with Gasteiger partial charge in [0.1, 0.15) is 5.75 Å². The Morgan fingerprint density at radius 3 is 2.73 bits per heavy atom. The van der Waals surface area contributed by atoms with Gasteiger partial charge >= 0.3 is 0 Å². The Morgan fingerprint density at radius 1 is 1.27 bits per heavy atom. The molecule has 6 heteroatoms. The molecular formula is C16H21NO4S. The van der Waals surface area contributed by atoms with Gasteiger partial charge in [-0.15, -0.1) is 0 Å². The van der Waals surface area contributed by atoms with Gasteiger partial charge < -0.3 is 9.84 Å². The summed E-state index contributed by atoms with van der Waals surface area (Å²) in [7, 11) is -3.25. The Morgan fingerprint density at radius 2 is 2.05 bits per heavy atom. The first-order chi connectivity index (χ1) is 10.5. The lowest BCUT2D eigenvalue weighted by atomic mass is 9.75. The van der Waals surface area contributed by atoms with E-state index < -0.39 is 10.0 Å². The molecule has 0 bridgehead atoms. The van der Waals surface area contributed by atoms with E-state index in [1.807, 2.05) is 12.1 Å². The summed E-state index contributed by atoms with van der Waals surface area (Å²) < 4.78 is 33.1. The van der Waals surface area contributed by atoms with Crippen LogP contribution in [-0.4, -0.2) is 31.5 Å². The molecule has 2 N–H and O–H groups in total. The number of hydrogen-bond donors (Lipinski definition) is 2. The van der Waals surface area contributed by atoms with Gasteiger partial charge in [0.05, 0.1) is 18.0 Å². The van der Waals surface area contributed by atoms with Crippen LogP contribution in [0.1, 0.15) is 42.9 Å². The van der Waals surface area contributed by atoms with Gasteiger partial charge in [-0.05, 0) is 48.8 Å². The maximum absolute atomic E-state index is 12.3. The Labute approximate surface area is 130 Å². The van der Waals surface area contributed by atoms with Gasteiger partial charge in [0, 0.05) is 12.5 Å². The van der Waals surface area contributed by atoms with E-state index in [1.165, 1.54) is 0 Å². The smallest absolute Gasteiger partial charge is 0.215 e. The lowest BCUT2D eigenvalue weighted by Crippen LogP contribution is -2.42. The summed E-state index contributed by atoms with van der Waals surface area (Å²) in [5.74, 6) is 1.07. The topological polar surface area (TPSA) is 75.6 Å². The van der Waals surface area contributed by atoms with Crippen molar-refractivity contribution in [3.8, 4) is 5.75 Å². The molecule has 22 heavy (non-hydrogen) atoms. The highest BCUT2D eigenvalue weighted by atomic mass is 32.2. The molecule has 4 rings (SSSR count). The molecule has 2 aliphatic carbocycles. The van der Waals surface area contributed by atoms with Gasteiger partial charge in [0.25, 0.3) is 0 Å². The number of sulfonamides is 1. The molecule has 0 aromatic heterocycles. The standard InChI is InChI=1S/C16H21NO4S/c18-13-8-12(9-13)16(17-22(19,20)14-2-3-14)11-1-4-15-10(7-11)5-6-21-15/h1,4,7,12-14,16-18H,2-3,5-6,8-9H2/t12?,13?,16-/m1/s1. The maximum atomic E-state index is 12.3. The number of rotatable bonds is 5. The van der Waals surface area contributed by atoms with E-state index in [-0.39, 0.29) is 23.3 Å². The molecule has 1 heterocycles. The number of aliphatic hydroxyl groups is 1. The highest BCUT2D eigenvalue weighted by Crippen LogP contribution is 2.41. The molecule has 0 unspecified atom stereocenters. The summed E-state index contributed by atoms with van der Waals surface area (Å²) in [4.78, 5) is 0. The largest absolute Gasteiger partial charge is 0.493 e. The number of aliphatic hydroxyl groups excluding tert-OH is 1. The van der Waals surface area contributed by atoms with Crippen LogP contribution in [0.15, 0.2) is 18.2 Å². The SMILES string of the molecule is O=S(=O)(N[C@H](c1ccc2c(c1)CCO2)C1CC(O)C1)C1CC1. The van der Waals surface area contributed by atoms with Gasteiger partial charge in [-0.2, -0.15) is 0 Å². The maximum Gasteiger partial charge on any atom is 0.215 e. The molecule has 120 valence electrons. The molecular weight excluding hydrogens is 302 g/mol. The molecule has 3 aliphatic rings. The fraction of sp³-hybridized carbons (Fsp3) is 0.625. The summed E-state index contributed by atoms with van der Waals surface area (Å²) in [6, 6.07) is 5.72. The van der Waals surface area contributed by atoms with Crippen molar-refractivity contribution in [2.45, 2.75) is 49.5 Å². The number of fused-ring (bicyclic) bond motifs is 1. The number of ether oxygens (including phenoxy) is 1. The third kappa shape index (κ3) is 2.64. The third-order valence-electron chi connectivity index (χ3n) is 4.95. The third-order valence-corrected chi connectivity index (χ3v) is 6.88. The van der Waals surface area contributed by atoms with Gasteiger partial charge in [-0.1, -0.05) is 12.1 Å². The predicted molar refractivity (Wildman–Crippen MR) is 82.2 cm³/mol. The van der Waals surface area contributed by atoms with Crippen LogP contribution < -0.4 is 9.46 Å². The second-order valence-corrected chi connectivity index (χ2v) is 8.68. The number of nitrogens with one attached hydrogen (secondary N) is 1. The minimum atomic E-state index is -3.25. The van der Waals surface area contributed by atoms with Crippen molar-refractivity contribution in [2.75, 3.05) is 6.61 Å². The van der Waals surface area contributed by atoms with Crippen molar-refractivity contribution in [1.29, 1.82) is 0 Å². The van der Waals surface area contributed by atoms with E-state index in [2.05, 4.69) is 10.8 Å². The second kappa shape index (κ2) is 5.22. The molecule has 2 saturated carbocycles. The van der Waals surface area contributed by atoms with Crippen LogP contribution in [0.5, 0.6) is 5.75 Å². The fourth-order valence-corrected chi connectivity index (χ4v) is 5.02. The lowest BCUT2D eigenvalue weighted by Gasteiger charge is -2.38. The van der Waals surface area contributed by atoms with Crippen LogP contribution in [0.4, 0.5) is 0 Å². The van der Waals surface area contributed by atoms with Crippen molar-refractivity contribution in [3.63, 3.8) is 0 Å². The number of benzene rings is 1. The van der Waals surface area contributed by atoms with Gasteiger partial charge in [0.15, 0.2) is 0 Å². The van der Waals surface area contributed by atoms with E-state index in [4.69, 9.17) is 4.74 Å². The highest BCUT2D eigenvalue weighted by molar-refractivity contribution is 7.90. The monoisotopic (exact) mass is 323 g/mol. The zero-order valence-corrected chi connectivity index (χ0v) is 13.2. The van der Waals surface area contributed by atoms with Gasteiger partial charge in [0.2, 0.25) is 10.0 Å². The van der Waals surface area contributed by atoms with E-state index in [1.54, 1.807) is 0 Å². The summed E-state index contributed by atoms with van der Waals surface area (Å²) in [6.45, 7) is 0.694.